The highest BCUT2D eigenvalue weighted by Crippen LogP contribution is 2.47. The number of aromatic nitrogens is 2. The Morgan fingerprint density at radius 2 is 1.91 bits per heavy atom. The van der Waals surface area contributed by atoms with Gasteiger partial charge in [-0.25, -0.2) is 9.97 Å². The van der Waals surface area contributed by atoms with E-state index in [4.69, 9.17) is 9.72 Å². The summed E-state index contributed by atoms with van der Waals surface area (Å²) in [6.45, 7) is 8.64. The van der Waals surface area contributed by atoms with E-state index >= 15 is 0 Å². The summed E-state index contributed by atoms with van der Waals surface area (Å²) in [6.07, 6.45) is 5.32. The number of piperidine rings is 2. The highest BCUT2D eigenvalue weighted by atomic mass is 16.5. The predicted molar refractivity (Wildman–Crippen MR) is 123 cm³/mol. The van der Waals surface area contributed by atoms with E-state index in [1.165, 1.54) is 12.0 Å². The first-order valence-corrected chi connectivity index (χ1v) is 11.8. The van der Waals surface area contributed by atoms with E-state index in [9.17, 15) is 5.26 Å². The fraction of sp³-hybridized carbons (Fsp3) is 0.560. The van der Waals surface area contributed by atoms with Crippen molar-refractivity contribution in [1.82, 2.24) is 14.9 Å². The molecule has 0 bridgehead atoms. The maximum Gasteiger partial charge on any atom is 0.134 e. The van der Waals surface area contributed by atoms with E-state index < -0.39 is 0 Å². The van der Waals surface area contributed by atoms with Gasteiger partial charge in [0.25, 0.3) is 0 Å². The molecule has 32 heavy (non-hydrogen) atoms. The van der Waals surface area contributed by atoms with Crippen molar-refractivity contribution in [2.45, 2.75) is 37.6 Å². The Morgan fingerprint density at radius 1 is 1.12 bits per heavy atom. The second-order valence-corrected chi connectivity index (χ2v) is 10.2. The van der Waals surface area contributed by atoms with E-state index in [1.54, 1.807) is 18.3 Å². The number of nitrogens with one attached hydrogen (secondary N) is 1. The minimum Gasteiger partial charge on any atom is -0.378 e. The first-order valence-electron chi connectivity index (χ1n) is 11.8. The number of hydrogen-bond donors (Lipinski definition) is 1. The molecule has 3 saturated heterocycles. The topological polar surface area (TPSA) is 77.3 Å². The molecule has 1 saturated carbocycles. The number of hydrogen-bond acceptors (Lipinski definition) is 7. The molecule has 6 rings (SSSR count). The largest absolute Gasteiger partial charge is 0.378 e. The fourth-order valence-electron chi connectivity index (χ4n) is 5.48. The van der Waals surface area contributed by atoms with Crippen molar-refractivity contribution in [3.63, 3.8) is 0 Å². The molecule has 166 valence electrons. The molecule has 5 heterocycles. The minimum atomic E-state index is 0.125. The fourth-order valence-corrected chi connectivity index (χ4v) is 5.48. The number of nitrogens with zero attached hydrogens (tertiary/aromatic N) is 5. The highest BCUT2D eigenvalue weighted by molar-refractivity contribution is 5.60. The molecule has 2 aromatic heterocycles. The smallest absolute Gasteiger partial charge is 0.134 e. The van der Waals surface area contributed by atoms with Crippen molar-refractivity contribution in [3.8, 4) is 6.07 Å². The first-order chi connectivity index (χ1) is 15.6. The molecule has 0 amide bonds. The molecule has 3 aliphatic heterocycles. The third-order valence-corrected chi connectivity index (χ3v) is 8.00. The molecule has 0 aromatic carbocycles. The molecule has 4 fully saturated rings. The van der Waals surface area contributed by atoms with Crippen molar-refractivity contribution in [2.75, 3.05) is 49.6 Å². The van der Waals surface area contributed by atoms with Crippen LogP contribution in [0.4, 0.5) is 17.5 Å². The van der Waals surface area contributed by atoms with Crippen LogP contribution in [0, 0.1) is 23.2 Å². The molecule has 7 nitrogen and oxygen atoms in total. The van der Waals surface area contributed by atoms with E-state index in [-0.39, 0.29) is 5.41 Å². The molecule has 7 heteroatoms. The van der Waals surface area contributed by atoms with E-state index in [1.807, 2.05) is 0 Å². The Hall–Kier alpha value is -2.69. The van der Waals surface area contributed by atoms with Gasteiger partial charge in [0.1, 0.15) is 17.5 Å². The van der Waals surface area contributed by atoms with Gasteiger partial charge in [-0.05, 0) is 79.4 Å². The Labute approximate surface area is 189 Å². The quantitative estimate of drug-likeness (QED) is 0.780. The summed E-state index contributed by atoms with van der Waals surface area (Å²) in [6, 6.07) is 10.8. The lowest BCUT2D eigenvalue weighted by Crippen LogP contribution is -2.53. The molecule has 1 aliphatic carbocycles. The average Bonchev–Trinajstić information content (AvgIpc) is 3.39. The molecule has 2 atom stereocenters. The third-order valence-electron chi connectivity index (χ3n) is 8.00. The van der Waals surface area contributed by atoms with Crippen LogP contribution in [0.3, 0.4) is 0 Å². The molecule has 0 radical (unpaired) electrons. The van der Waals surface area contributed by atoms with Gasteiger partial charge in [0, 0.05) is 19.3 Å². The van der Waals surface area contributed by atoms with Gasteiger partial charge in [-0.2, -0.15) is 5.26 Å². The zero-order valence-corrected chi connectivity index (χ0v) is 18.6. The van der Waals surface area contributed by atoms with Crippen LogP contribution in [0.1, 0.15) is 37.3 Å². The van der Waals surface area contributed by atoms with Crippen molar-refractivity contribution < 1.29 is 4.74 Å². The third kappa shape index (κ3) is 3.72. The number of pyridine rings is 2. The zero-order valence-electron chi connectivity index (χ0n) is 18.6. The molecular weight excluding hydrogens is 400 g/mol. The SMILES string of the molecule is CC1(c2cc(Nc3cc(C#N)ccn3)nc(N3CC4CC4C3)c2)CCN(C2COC2)CC1. The van der Waals surface area contributed by atoms with Gasteiger partial charge in [0.05, 0.1) is 30.9 Å². The molecular formula is C25H30N6O. The van der Waals surface area contributed by atoms with Crippen molar-refractivity contribution in [2.24, 2.45) is 11.8 Å². The van der Waals surface area contributed by atoms with Gasteiger partial charge in [0.15, 0.2) is 0 Å². The van der Waals surface area contributed by atoms with Crippen LogP contribution >= 0.6 is 0 Å². The van der Waals surface area contributed by atoms with Crippen LogP contribution in [0.25, 0.3) is 0 Å². The van der Waals surface area contributed by atoms with Crippen LogP contribution in [0.15, 0.2) is 30.5 Å². The van der Waals surface area contributed by atoms with E-state index in [2.05, 4.69) is 45.2 Å². The van der Waals surface area contributed by atoms with Crippen LogP contribution in [-0.4, -0.2) is 60.3 Å². The lowest BCUT2D eigenvalue weighted by atomic mass is 9.74. The minimum absolute atomic E-state index is 0.125. The summed E-state index contributed by atoms with van der Waals surface area (Å²) >= 11 is 0. The van der Waals surface area contributed by atoms with Gasteiger partial charge in [-0.1, -0.05) is 6.92 Å². The summed E-state index contributed by atoms with van der Waals surface area (Å²) < 4.78 is 5.41. The normalized spacial score (nSPS) is 26.8. The number of rotatable bonds is 5. The Kier molecular flexibility index (Phi) is 4.81. The number of fused-ring (bicyclic) bond motifs is 1. The lowest BCUT2D eigenvalue weighted by Gasteiger charge is -2.45. The summed E-state index contributed by atoms with van der Waals surface area (Å²) in [7, 11) is 0. The average molecular weight is 431 g/mol. The van der Waals surface area contributed by atoms with Gasteiger partial charge in [-0.3, -0.25) is 4.90 Å². The molecule has 2 aromatic rings. The van der Waals surface area contributed by atoms with Crippen LogP contribution in [0.2, 0.25) is 0 Å². The zero-order chi connectivity index (χ0) is 21.7. The second kappa shape index (κ2) is 7.72. The molecule has 2 unspecified atom stereocenters. The maximum atomic E-state index is 9.24. The van der Waals surface area contributed by atoms with Crippen molar-refractivity contribution >= 4 is 17.5 Å². The standard InChI is InChI=1S/C25H30N6O/c1-25(3-6-30(7-4-25)21-15-32-16-21)20-10-23(28-22-8-17(12-26)2-5-27-22)29-24(11-20)31-13-18-9-19(18)14-31/h2,5,8,10-11,18-19,21H,3-4,6-7,9,13-16H2,1H3,(H,27,28,29). The Bertz CT molecular complexity index is 1040. The monoisotopic (exact) mass is 430 g/mol. The van der Waals surface area contributed by atoms with Crippen LogP contribution in [-0.2, 0) is 10.2 Å². The second-order valence-electron chi connectivity index (χ2n) is 10.2. The summed E-state index contributed by atoms with van der Waals surface area (Å²) in [5.74, 6) is 4.26. The molecule has 1 N–H and O–H groups in total. The van der Waals surface area contributed by atoms with E-state index in [0.717, 1.165) is 75.7 Å². The number of ether oxygens (including phenoxy) is 1. The number of likely N-dealkylation sites (tertiary alicyclic amines) is 1. The van der Waals surface area contributed by atoms with Crippen molar-refractivity contribution in [3.05, 3.63) is 41.6 Å². The number of anilines is 3. The highest BCUT2D eigenvalue weighted by Gasteiger charge is 2.46. The van der Waals surface area contributed by atoms with Gasteiger partial charge in [-0.15, -0.1) is 0 Å². The molecule has 4 aliphatic rings. The van der Waals surface area contributed by atoms with Gasteiger partial charge >= 0.3 is 0 Å². The Morgan fingerprint density at radius 3 is 2.59 bits per heavy atom. The predicted octanol–water partition coefficient (Wildman–Crippen LogP) is 3.30. The van der Waals surface area contributed by atoms with Crippen molar-refractivity contribution in [1.29, 1.82) is 5.26 Å². The first kappa shape index (κ1) is 20.0. The summed E-state index contributed by atoms with van der Waals surface area (Å²) in [5, 5.41) is 12.6. The van der Waals surface area contributed by atoms with E-state index in [0.29, 0.717) is 17.4 Å². The van der Waals surface area contributed by atoms with Gasteiger partial charge in [0.2, 0.25) is 0 Å². The Balaban J connectivity index is 1.29. The number of nitriles is 1. The maximum absolute atomic E-state index is 9.24. The van der Waals surface area contributed by atoms with Crippen LogP contribution in [0.5, 0.6) is 0 Å². The van der Waals surface area contributed by atoms with Crippen LogP contribution < -0.4 is 10.2 Å². The summed E-state index contributed by atoms with van der Waals surface area (Å²) in [4.78, 5) is 14.4. The summed E-state index contributed by atoms with van der Waals surface area (Å²) in [5.41, 5.74) is 2.07. The van der Waals surface area contributed by atoms with Gasteiger partial charge < -0.3 is 15.0 Å². The lowest BCUT2D eigenvalue weighted by molar-refractivity contribution is -0.0751. The molecule has 0 spiro atoms.